The molecule has 3 aromatic rings. The highest BCUT2D eigenvalue weighted by Gasteiger charge is 2.27. The monoisotopic (exact) mass is 331 g/mol. The van der Waals surface area contributed by atoms with Crippen molar-refractivity contribution in [1.82, 2.24) is 4.98 Å². The van der Waals surface area contributed by atoms with E-state index in [0.29, 0.717) is 17.2 Å². The minimum absolute atomic E-state index is 0.137. The largest absolute Gasteiger partial charge is 0.398 e. The van der Waals surface area contributed by atoms with E-state index < -0.39 is 0 Å². The van der Waals surface area contributed by atoms with E-state index >= 15 is 0 Å². The molecule has 25 heavy (non-hydrogen) atoms. The number of pyridine rings is 1. The van der Waals surface area contributed by atoms with Crippen LogP contribution in [0.3, 0.4) is 0 Å². The summed E-state index contributed by atoms with van der Waals surface area (Å²) >= 11 is 0. The number of anilines is 1. The van der Waals surface area contributed by atoms with Gasteiger partial charge in [-0.2, -0.15) is 0 Å². The van der Waals surface area contributed by atoms with Crippen molar-refractivity contribution in [2.24, 2.45) is 0 Å². The summed E-state index contributed by atoms with van der Waals surface area (Å²) in [5.41, 5.74) is 11.5. The van der Waals surface area contributed by atoms with Crippen LogP contribution in [0.2, 0.25) is 0 Å². The molecule has 0 bridgehead atoms. The molecule has 0 aliphatic heterocycles. The van der Waals surface area contributed by atoms with Gasteiger partial charge in [0, 0.05) is 34.8 Å². The highest BCUT2D eigenvalue weighted by atomic mass is 19.1. The smallest absolute Gasteiger partial charge is 0.126 e. The van der Waals surface area contributed by atoms with Crippen LogP contribution < -0.4 is 5.73 Å². The molecular weight excluding hydrogens is 313 g/mol. The second-order valence-corrected chi connectivity index (χ2v) is 6.40. The highest BCUT2D eigenvalue weighted by molar-refractivity contribution is 5.90. The van der Waals surface area contributed by atoms with Gasteiger partial charge in [-0.15, -0.1) is 0 Å². The van der Waals surface area contributed by atoms with Crippen LogP contribution in [0.1, 0.15) is 29.9 Å². The number of hydrogen-bond donors (Lipinski definition) is 2. The summed E-state index contributed by atoms with van der Waals surface area (Å²) in [5.74, 6) is 0.204. The number of aromatic nitrogens is 1. The third kappa shape index (κ3) is 2.91. The second kappa shape index (κ2) is 6.13. The molecule has 124 valence electrons. The second-order valence-electron chi connectivity index (χ2n) is 6.40. The van der Waals surface area contributed by atoms with E-state index in [9.17, 15) is 4.39 Å². The van der Waals surface area contributed by atoms with Gasteiger partial charge in [-0.1, -0.05) is 12.1 Å². The Bertz CT molecular complexity index is 961. The molecule has 3 nitrogen and oxygen atoms in total. The molecule has 1 fully saturated rings. The molecule has 1 heterocycles. The van der Waals surface area contributed by atoms with Crippen LogP contribution in [0.4, 0.5) is 10.1 Å². The first-order valence-corrected chi connectivity index (χ1v) is 8.32. The first-order chi connectivity index (χ1) is 12.2. The lowest BCUT2D eigenvalue weighted by Crippen LogP contribution is -1.95. The van der Waals surface area contributed by atoms with E-state index in [-0.39, 0.29) is 5.82 Å². The van der Waals surface area contributed by atoms with Gasteiger partial charge < -0.3 is 11.1 Å². The quantitative estimate of drug-likeness (QED) is 0.521. The lowest BCUT2D eigenvalue weighted by atomic mass is 9.96. The van der Waals surface area contributed by atoms with Crippen LogP contribution in [0, 0.1) is 11.2 Å². The van der Waals surface area contributed by atoms with E-state index in [1.807, 2.05) is 30.3 Å². The predicted molar refractivity (Wildman–Crippen MR) is 99.3 cm³/mol. The summed E-state index contributed by atoms with van der Waals surface area (Å²) < 4.78 is 14.1. The van der Waals surface area contributed by atoms with Crippen LogP contribution in [0.5, 0.6) is 0 Å². The maximum atomic E-state index is 14.1. The van der Waals surface area contributed by atoms with Crippen molar-refractivity contribution in [3.63, 3.8) is 0 Å². The van der Waals surface area contributed by atoms with Crippen molar-refractivity contribution in [3.05, 3.63) is 71.7 Å². The molecular formula is C21H18FN3. The maximum Gasteiger partial charge on any atom is 0.126 e. The van der Waals surface area contributed by atoms with Crippen molar-refractivity contribution in [1.29, 1.82) is 5.41 Å². The Labute approximate surface area is 145 Å². The van der Waals surface area contributed by atoms with Crippen LogP contribution in [-0.4, -0.2) is 11.2 Å². The molecule has 3 N–H and O–H groups in total. The van der Waals surface area contributed by atoms with Gasteiger partial charge in [0.25, 0.3) is 0 Å². The Balaban J connectivity index is 1.85. The van der Waals surface area contributed by atoms with Gasteiger partial charge in [0.15, 0.2) is 0 Å². The number of nitrogens with one attached hydrogen (secondary N) is 1. The number of halogens is 1. The van der Waals surface area contributed by atoms with Gasteiger partial charge in [0.05, 0.1) is 5.69 Å². The van der Waals surface area contributed by atoms with Crippen molar-refractivity contribution in [3.8, 4) is 22.4 Å². The molecule has 0 spiro atoms. The summed E-state index contributed by atoms with van der Waals surface area (Å²) in [6.07, 6.45) is 5.10. The fraction of sp³-hybridized carbons (Fsp3) is 0.143. The zero-order chi connectivity index (χ0) is 17.4. The fourth-order valence-corrected chi connectivity index (χ4v) is 3.13. The SMILES string of the molecule is N=Cc1cc(-c2cccnc2-c2ccc(F)c(C3CC3)c2)ccc1N. The fourth-order valence-electron chi connectivity index (χ4n) is 3.13. The van der Waals surface area contributed by atoms with Crippen molar-refractivity contribution in [2.45, 2.75) is 18.8 Å². The topological polar surface area (TPSA) is 62.8 Å². The molecule has 4 heteroatoms. The van der Waals surface area contributed by atoms with E-state index in [2.05, 4.69) is 4.98 Å². The summed E-state index contributed by atoms with van der Waals surface area (Å²) in [5, 5.41) is 7.50. The average Bonchev–Trinajstić information content (AvgIpc) is 3.48. The Morgan fingerprint density at radius 1 is 1.08 bits per heavy atom. The highest BCUT2D eigenvalue weighted by Crippen LogP contribution is 2.43. The number of nitrogens with two attached hydrogens (primary N) is 1. The third-order valence-corrected chi connectivity index (χ3v) is 4.65. The van der Waals surface area contributed by atoms with Gasteiger partial charge in [0.1, 0.15) is 5.82 Å². The molecule has 0 radical (unpaired) electrons. The maximum absolute atomic E-state index is 14.1. The van der Waals surface area contributed by atoms with Gasteiger partial charge in [0.2, 0.25) is 0 Å². The van der Waals surface area contributed by atoms with Crippen LogP contribution in [0.15, 0.2) is 54.7 Å². The van der Waals surface area contributed by atoms with Gasteiger partial charge in [-0.05, 0) is 66.3 Å². The molecule has 1 aromatic heterocycles. The average molecular weight is 331 g/mol. The summed E-state index contributed by atoms with van der Waals surface area (Å²) in [6.45, 7) is 0. The summed E-state index contributed by atoms with van der Waals surface area (Å²) in [4.78, 5) is 4.54. The number of rotatable bonds is 4. The number of nitrogens with zero attached hydrogens (tertiary/aromatic N) is 1. The molecule has 0 atom stereocenters. The molecule has 0 saturated heterocycles. The molecule has 4 rings (SSSR count). The summed E-state index contributed by atoms with van der Waals surface area (Å²) in [7, 11) is 0. The molecule has 0 unspecified atom stereocenters. The zero-order valence-corrected chi connectivity index (χ0v) is 13.7. The Hall–Kier alpha value is -3.01. The van der Waals surface area contributed by atoms with Crippen molar-refractivity contribution < 1.29 is 4.39 Å². The molecule has 1 aliphatic carbocycles. The van der Waals surface area contributed by atoms with Crippen LogP contribution in [-0.2, 0) is 0 Å². The molecule has 2 aromatic carbocycles. The van der Waals surface area contributed by atoms with Crippen LogP contribution >= 0.6 is 0 Å². The number of hydrogen-bond acceptors (Lipinski definition) is 3. The number of nitrogen functional groups attached to an aromatic ring is 1. The van der Waals surface area contributed by atoms with Crippen LogP contribution in [0.25, 0.3) is 22.4 Å². The molecule has 1 aliphatic rings. The molecule has 1 saturated carbocycles. The minimum atomic E-state index is -0.137. The number of benzene rings is 2. The third-order valence-electron chi connectivity index (χ3n) is 4.65. The van der Waals surface area contributed by atoms with E-state index in [4.69, 9.17) is 11.1 Å². The van der Waals surface area contributed by atoms with E-state index in [1.54, 1.807) is 18.3 Å². The minimum Gasteiger partial charge on any atom is -0.398 e. The molecule has 0 amide bonds. The Kier molecular flexibility index (Phi) is 3.80. The van der Waals surface area contributed by atoms with E-state index in [1.165, 1.54) is 12.3 Å². The first kappa shape index (κ1) is 15.5. The summed E-state index contributed by atoms with van der Waals surface area (Å²) in [6, 6.07) is 14.7. The first-order valence-electron chi connectivity index (χ1n) is 8.32. The normalized spacial score (nSPS) is 13.6. The van der Waals surface area contributed by atoms with Gasteiger partial charge >= 0.3 is 0 Å². The predicted octanol–water partition coefficient (Wildman–Crippen LogP) is 5.01. The van der Waals surface area contributed by atoms with Gasteiger partial charge in [-0.3, -0.25) is 4.98 Å². The van der Waals surface area contributed by atoms with Crippen molar-refractivity contribution in [2.75, 3.05) is 5.73 Å². The van der Waals surface area contributed by atoms with Crippen molar-refractivity contribution >= 4 is 11.9 Å². The van der Waals surface area contributed by atoms with E-state index in [0.717, 1.165) is 40.8 Å². The Morgan fingerprint density at radius 3 is 2.64 bits per heavy atom. The zero-order valence-electron chi connectivity index (χ0n) is 13.7. The lowest BCUT2D eigenvalue weighted by Gasteiger charge is -2.12. The van der Waals surface area contributed by atoms with Gasteiger partial charge in [-0.25, -0.2) is 4.39 Å². The lowest BCUT2D eigenvalue weighted by molar-refractivity contribution is 0.611. The Morgan fingerprint density at radius 2 is 1.88 bits per heavy atom. The standard InChI is InChI=1S/C21H18FN3/c22-19-7-5-15(11-18(19)13-3-4-13)21-17(2-1-9-25-21)14-6-8-20(24)16(10-14)12-23/h1-2,5-13,23H,3-4,24H2.